The SMILES string of the molecule is Cc1cccc(S(=O)(=O)N2CCCO2)c1Cl. The second kappa shape index (κ2) is 4.33. The molecule has 0 aromatic heterocycles. The van der Waals surface area contributed by atoms with Crippen LogP contribution in [0.3, 0.4) is 0 Å². The van der Waals surface area contributed by atoms with Gasteiger partial charge in [-0.2, -0.15) is 0 Å². The van der Waals surface area contributed by atoms with Gasteiger partial charge in [0, 0.05) is 6.54 Å². The fourth-order valence-electron chi connectivity index (χ4n) is 1.54. The molecule has 1 aliphatic heterocycles. The highest BCUT2D eigenvalue weighted by atomic mass is 35.5. The highest BCUT2D eigenvalue weighted by Crippen LogP contribution is 2.28. The predicted molar refractivity (Wildman–Crippen MR) is 60.6 cm³/mol. The highest BCUT2D eigenvalue weighted by Gasteiger charge is 2.30. The first kappa shape index (κ1) is 11.9. The minimum absolute atomic E-state index is 0.107. The molecule has 0 radical (unpaired) electrons. The molecule has 1 aromatic carbocycles. The lowest BCUT2D eigenvalue weighted by Gasteiger charge is -2.15. The molecule has 4 nitrogen and oxygen atoms in total. The number of aryl methyl sites for hydroxylation is 1. The van der Waals surface area contributed by atoms with Crippen molar-refractivity contribution in [1.82, 2.24) is 4.47 Å². The van der Waals surface area contributed by atoms with Crippen LogP contribution in [0, 0.1) is 6.92 Å². The molecular formula is C10H12ClNO3S. The maximum absolute atomic E-state index is 12.1. The largest absolute Gasteiger partial charge is 0.284 e. The third kappa shape index (κ3) is 1.96. The Hall–Kier alpha value is -0.620. The van der Waals surface area contributed by atoms with Gasteiger partial charge in [0.2, 0.25) is 0 Å². The summed E-state index contributed by atoms with van der Waals surface area (Å²) in [4.78, 5) is 5.16. The number of hydroxylamine groups is 1. The number of hydrogen-bond acceptors (Lipinski definition) is 3. The zero-order chi connectivity index (χ0) is 11.8. The van der Waals surface area contributed by atoms with E-state index < -0.39 is 10.0 Å². The summed E-state index contributed by atoms with van der Waals surface area (Å²) in [5.74, 6) is 0. The first-order valence-electron chi connectivity index (χ1n) is 4.94. The van der Waals surface area contributed by atoms with Crippen LogP contribution < -0.4 is 0 Å². The van der Waals surface area contributed by atoms with Crippen molar-refractivity contribution in [2.75, 3.05) is 13.2 Å². The number of benzene rings is 1. The summed E-state index contributed by atoms with van der Waals surface area (Å²) in [7, 11) is -3.61. The van der Waals surface area contributed by atoms with E-state index in [2.05, 4.69) is 0 Å². The molecule has 0 spiro atoms. The minimum atomic E-state index is -3.61. The van der Waals surface area contributed by atoms with E-state index >= 15 is 0 Å². The van der Waals surface area contributed by atoms with Crippen LogP contribution in [-0.4, -0.2) is 26.0 Å². The Morgan fingerprint density at radius 1 is 1.44 bits per heavy atom. The third-order valence-electron chi connectivity index (χ3n) is 2.42. The van der Waals surface area contributed by atoms with E-state index in [0.29, 0.717) is 19.6 Å². The number of rotatable bonds is 2. The Balaban J connectivity index is 2.47. The number of hydrogen-bond donors (Lipinski definition) is 0. The van der Waals surface area contributed by atoms with Gasteiger partial charge in [-0.05, 0) is 25.0 Å². The quantitative estimate of drug-likeness (QED) is 0.818. The predicted octanol–water partition coefficient (Wildman–Crippen LogP) is 1.97. The highest BCUT2D eigenvalue weighted by molar-refractivity contribution is 7.89. The van der Waals surface area contributed by atoms with Crippen LogP contribution in [0.15, 0.2) is 23.1 Å². The van der Waals surface area contributed by atoms with Crippen molar-refractivity contribution in [3.63, 3.8) is 0 Å². The summed E-state index contributed by atoms with van der Waals surface area (Å²) >= 11 is 5.99. The van der Waals surface area contributed by atoms with Gasteiger partial charge in [0.15, 0.2) is 0 Å². The summed E-state index contributed by atoms with van der Waals surface area (Å²) in [5, 5.41) is 0.262. The van der Waals surface area contributed by atoms with Crippen LogP contribution in [0.4, 0.5) is 0 Å². The topological polar surface area (TPSA) is 46.6 Å². The van der Waals surface area contributed by atoms with Crippen molar-refractivity contribution in [2.45, 2.75) is 18.2 Å². The fourth-order valence-corrected chi connectivity index (χ4v) is 3.40. The van der Waals surface area contributed by atoms with E-state index in [1.165, 1.54) is 6.07 Å². The van der Waals surface area contributed by atoms with Gasteiger partial charge in [0.05, 0.1) is 11.6 Å². The molecule has 1 saturated heterocycles. The van der Waals surface area contributed by atoms with Gasteiger partial charge >= 0.3 is 0 Å². The monoisotopic (exact) mass is 261 g/mol. The zero-order valence-corrected chi connectivity index (χ0v) is 10.4. The second-order valence-electron chi connectivity index (χ2n) is 3.61. The van der Waals surface area contributed by atoms with Crippen molar-refractivity contribution in [3.05, 3.63) is 28.8 Å². The van der Waals surface area contributed by atoms with Crippen LogP contribution >= 0.6 is 11.6 Å². The molecule has 0 aliphatic carbocycles. The Morgan fingerprint density at radius 3 is 2.81 bits per heavy atom. The minimum Gasteiger partial charge on any atom is -0.284 e. The van der Waals surface area contributed by atoms with Gasteiger partial charge in [-0.3, -0.25) is 4.84 Å². The first-order valence-corrected chi connectivity index (χ1v) is 6.76. The van der Waals surface area contributed by atoms with E-state index in [1.807, 2.05) is 0 Å². The fraction of sp³-hybridized carbons (Fsp3) is 0.400. The van der Waals surface area contributed by atoms with Crippen molar-refractivity contribution in [2.24, 2.45) is 0 Å². The van der Waals surface area contributed by atoms with E-state index in [1.54, 1.807) is 19.1 Å². The summed E-state index contributed by atoms with van der Waals surface area (Å²) in [6.45, 7) is 2.58. The summed E-state index contributed by atoms with van der Waals surface area (Å²) in [5.41, 5.74) is 0.738. The van der Waals surface area contributed by atoms with Crippen molar-refractivity contribution in [1.29, 1.82) is 0 Å². The molecule has 0 unspecified atom stereocenters. The van der Waals surface area contributed by atoms with Gasteiger partial charge in [0.25, 0.3) is 10.0 Å². The normalized spacial score (nSPS) is 17.9. The summed E-state index contributed by atoms with van der Waals surface area (Å²) in [6.07, 6.45) is 0.711. The van der Waals surface area contributed by atoms with Gasteiger partial charge in [0.1, 0.15) is 4.90 Å². The average Bonchev–Trinajstić information content (AvgIpc) is 2.75. The maximum atomic E-state index is 12.1. The van der Waals surface area contributed by atoms with E-state index in [9.17, 15) is 8.42 Å². The van der Waals surface area contributed by atoms with Gasteiger partial charge in [-0.15, -0.1) is 0 Å². The summed E-state index contributed by atoms with van der Waals surface area (Å²) in [6, 6.07) is 4.93. The Bertz CT molecular complexity index is 495. The van der Waals surface area contributed by atoms with Crippen LogP contribution in [0.1, 0.15) is 12.0 Å². The van der Waals surface area contributed by atoms with Gasteiger partial charge in [-0.25, -0.2) is 8.42 Å². The number of nitrogens with zero attached hydrogens (tertiary/aromatic N) is 1. The smallest absolute Gasteiger partial charge is 0.266 e. The molecule has 1 aromatic rings. The molecule has 1 aliphatic rings. The first-order chi connectivity index (χ1) is 7.53. The van der Waals surface area contributed by atoms with Crippen molar-refractivity contribution >= 4 is 21.6 Å². The Kier molecular flexibility index (Phi) is 3.21. The molecular weight excluding hydrogens is 250 g/mol. The third-order valence-corrected chi connectivity index (χ3v) is 4.76. The van der Waals surface area contributed by atoms with Gasteiger partial charge < -0.3 is 0 Å². The maximum Gasteiger partial charge on any atom is 0.266 e. The lowest BCUT2D eigenvalue weighted by molar-refractivity contribution is -0.0284. The van der Waals surface area contributed by atoms with Crippen molar-refractivity contribution in [3.8, 4) is 0 Å². The molecule has 0 N–H and O–H groups in total. The number of sulfonamides is 1. The molecule has 1 fully saturated rings. The molecule has 1 heterocycles. The van der Waals surface area contributed by atoms with Crippen LogP contribution in [-0.2, 0) is 14.9 Å². The molecule has 0 bridgehead atoms. The molecule has 0 saturated carbocycles. The average molecular weight is 262 g/mol. The standard InChI is InChI=1S/C10H12ClNO3S/c1-8-4-2-5-9(10(8)11)16(13,14)12-6-3-7-15-12/h2,4-5H,3,6-7H2,1H3. The lowest BCUT2D eigenvalue weighted by Crippen LogP contribution is -2.27. The Morgan fingerprint density at radius 2 is 2.19 bits per heavy atom. The molecule has 6 heteroatoms. The van der Waals surface area contributed by atoms with Crippen LogP contribution in [0.5, 0.6) is 0 Å². The van der Waals surface area contributed by atoms with Crippen LogP contribution in [0.25, 0.3) is 0 Å². The van der Waals surface area contributed by atoms with Gasteiger partial charge in [-0.1, -0.05) is 28.2 Å². The molecule has 16 heavy (non-hydrogen) atoms. The van der Waals surface area contributed by atoms with E-state index in [0.717, 1.165) is 10.0 Å². The van der Waals surface area contributed by atoms with Crippen LogP contribution in [0.2, 0.25) is 5.02 Å². The second-order valence-corrected chi connectivity index (χ2v) is 5.78. The number of halogens is 1. The zero-order valence-electron chi connectivity index (χ0n) is 8.81. The molecule has 88 valence electrons. The molecule has 2 rings (SSSR count). The van der Waals surface area contributed by atoms with Crippen molar-refractivity contribution < 1.29 is 13.3 Å². The summed E-state index contributed by atoms with van der Waals surface area (Å²) < 4.78 is 25.3. The Labute approximate surface area is 99.8 Å². The van der Waals surface area contributed by atoms with E-state index in [-0.39, 0.29) is 9.92 Å². The lowest BCUT2D eigenvalue weighted by atomic mass is 10.2. The van der Waals surface area contributed by atoms with E-state index in [4.69, 9.17) is 16.4 Å². The molecule has 0 atom stereocenters. The molecule has 0 amide bonds.